The van der Waals surface area contributed by atoms with Gasteiger partial charge in [0.25, 0.3) is 10.0 Å². The first-order valence-electron chi connectivity index (χ1n) is 11.3. The van der Waals surface area contributed by atoms with Crippen LogP contribution in [0.4, 0.5) is 9.52 Å². The zero-order chi connectivity index (χ0) is 24.6. The molecule has 35 heavy (non-hydrogen) atoms. The van der Waals surface area contributed by atoms with Crippen LogP contribution in [0.5, 0.6) is 0 Å². The van der Waals surface area contributed by atoms with Gasteiger partial charge in [-0.05, 0) is 61.6 Å². The van der Waals surface area contributed by atoms with Crippen LogP contribution in [-0.4, -0.2) is 46.2 Å². The number of nitrogens with zero attached hydrogens (tertiary/aromatic N) is 4. The number of hydrogen-bond donors (Lipinski definition) is 1. The van der Waals surface area contributed by atoms with Gasteiger partial charge in [-0.2, -0.15) is 4.37 Å². The number of piperidine rings is 1. The highest BCUT2D eigenvalue weighted by Gasteiger charge is 2.28. The lowest BCUT2D eigenvalue weighted by Gasteiger charge is -2.34. The fourth-order valence-electron chi connectivity index (χ4n) is 4.62. The Morgan fingerprint density at radius 1 is 1.14 bits per heavy atom. The first kappa shape index (κ1) is 23.4. The van der Waals surface area contributed by atoms with Crippen molar-refractivity contribution in [3.63, 3.8) is 0 Å². The van der Waals surface area contributed by atoms with Gasteiger partial charge in [0.2, 0.25) is 11.0 Å². The van der Waals surface area contributed by atoms with Gasteiger partial charge < -0.3 is 9.47 Å². The number of carbonyl (C=O) groups is 1. The molecule has 1 N–H and O–H groups in total. The van der Waals surface area contributed by atoms with Crippen LogP contribution in [0.3, 0.4) is 0 Å². The molecule has 0 aliphatic carbocycles. The highest BCUT2D eigenvalue weighted by atomic mass is 32.2. The number of aromatic nitrogens is 3. The molecule has 5 rings (SSSR count). The summed E-state index contributed by atoms with van der Waals surface area (Å²) in [5, 5.41) is 0.730. The van der Waals surface area contributed by atoms with Crippen molar-refractivity contribution in [1.29, 1.82) is 0 Å². The molecule has 2 aromatic heterocycles. The van der Waals surface area contributed by atoms with Crippen molar-refractivity contribution in [2.75, 3.05) is 17.8 Å². The molecule has 1 atom stereocenters. The fourth-order valence-corrected chi connectivity index (χ4v) is 6.28. The van der Waals surface area contributed by atoms with E-state index in [1.165, 1.54) is 12.4 Å². The maximum atomic E-state index is 14.0. The van der Waals surface area contributed by atoms with Crippen LogP contribution in [0.25, 0.3) is 10.9 Å². The number of halogens is 1. The minimum atomic E-state index is -3.72. The van der Waals surface area contributed by atoms with E-state index in [-0.39, 0.29) is 27.7 Å². The summed E-state index contributed by atoms with van der Waals surface area (Å²) in [7, 11) is -3.72. The van der Waals surface area contributed by atoms with Gasteiger partial charge in [-0.3, -0.25) is 9.52 Å². The van der Waals surface area contributed by atoms with Gasteiger partial charge in [0, 0.05) is 36.2 Å². The molecule has 1 aliphatic heterocycles. The van der Waals surface area contributed by atoms with Crippen LogP contribution < -0.4 is 4.72 Å². The van der Waals surface area contributed by atoms with Gasteiger partial charge in [-0.1, -0.05) is 18.2 Å². The molecular weight excluding hydrogens is 489 g/mol. The topological polar surface area (TPSA) is 97.2 Å². The molecule has 182 valence electrons. The summed E-state index contributed by atoms with van der Waals surface area (Å²) in [4.78, 5) is 19.1. The van der Waals surface area contributed by atoms with Crippen LogP contribution in [0.15, 0.2) is 66.0 Å². The molecule has 11 heteroatoms. The number of benzene rings is 2. The SMILES string of the molecule is C[C@@H](C(=O)N1CCC(c2ccc(S(=O)(=O)Nc3ncns3)cc2)CC1)n1ccc2c(F)cccc21. The third-order valence-electron chi connectivity index (χ3n) is 6.54. The smallest absolute Gasteiger partial charge is 0.263 e. The Morgan fingerprint density at radius 2 is 1.89 bits per heavy atom. The quantitative estimate of drug-likeness (QED) is 0.412. The third kappa shape index (κ3) is 4.65. The zero-order valence-corrected chi connectivity index (χ0v) is 20.6. The molecule has 8 nitrogen and oxygen atoms in total. The van der Waals surface area contributed by atoms with E-state index in [9.17, 15) is 17.6 Å². The lowest BCUT2D eigenvalue weighted by Crippen LogP contribution is -2.41. The Labute approximate surface area is 206 Å². The second kappa shape index (κ2) is 9.38. The van der Waals surface area contributed by atoms with Crippen molar-refractivity contribution < 1.29 is 17.6 Å². The van der Waals surface area contributed by atoms with Crippen molar-refractivity contribution in [2.24, 2.45) is 0 Å². The summed E-state index contributed by atoms with van der Waals surface area (Å²) in [6, 6.07) is 13.0. The zero-order valence-electron chi connectivity index (χ0n) is 19.0. The minimum Gasteiger partial charge on any atom is -0.341 e. The van der Waals surface area contributed by atoms with Gasteiger partial charge in [0.05, 0.1) is 10.4 Å². The van der Waals surface area contributed by atoms with E-state index in [0.29, 0.717) is 24.0 Å². The van der Waals surface area contributed by atoms with Crippen molar-refractivity contribution >= 4 is 43.5 Å². The highest BCUT2D eigenvalue weighted by Crippen LogP contribution is 2.31. The first-order chi connectivity index (χ1) is 16.8. The number of amides is 1. The van der Waals surface area contributed by atoms with Crippen LogP contribution in [0.2, 0.25) is 0 Å². The van der Waals surface area contributed by atoms with E-state index in [4.69, 9.17) is 0 Å². The monoisotopic (exact) mass is 513 g/mol. The predicted molar refractivity (Wildman–Crippen MR) is 132 cm³/mol. The second-order valence-electron chi connectivity index (χ2n) is 8.59. The molecule has 0 unspecified atom stereocenters. The lowest BCUT2D eigenvalue weighted by molar-refractivity contribution is -0.135. The minimum absolute atomic E-state index is 0.00871. The van der Waals surface area contributed by atoms with Crippen LogP contribution in [0, 0.1) is 5.82 Å². The third-order valence-corrected chi connectivity index (χ3v) is 8.60. The molecule has 3 heterocycles. The lowest BCUT2D eigenvalue weighted by atomic mass is 9.89. The van der Waals surface area contributed by atoms with Crippen molar-refractivity contribution in [1.82, 2.24) is 18.8 Å². The maximum absolute atomic E-state index is 14.0. The molecule has 0 radical (unpaired) electrons. The van der Waals surface area contributed by atoms with Crippen molar-refractivity contribution in [3.8, 4) is 0 Å². The van der Waals surface area contributed by atoms with E-state index < -0.39 is 16.1 Å². The second-order valence-corrected chi connectivity index (χ2v) is 11.1. The predicted octanol–water partition coefficient (Wildman–Crippen LogP) is 4.40. The standard InChI is InChI=1S/C24H24FN5O3S2/c1-16(30-14-11-20-21(25)3-2-4-22(20)30)23(31)29-12-9-18(10-13-29)17-5-7-19(8-6-17)35(32,33)28-24-26-15-27-34-24/h2-8,11,14-16,18H,9-10,12-13H2,1H3,(H,26,27,28)/t16-/m0/s1. The van der Waals surface area contributed by atoms with Gasteiger partial charge in [-0.25, -0.2) is 17.8 Å². The summed E-state index contributed by atoms with van der Waals surface area (Å²) in [5.41, 5.74) is 1.75. The molecule has 2 aromatic carbocycles. The van der Waals surface area contributed by atoms with Crippen molar-refractivity contribution in [2.45, 2.75) is 36.6 Å². The highest BCUT2D eigenvalue weighted by molar-refractivity contribution is 7.93. The molecule has 0 bridgehead atoms. The number of fused-ring (bicyclic) bond motifs is 1. The summed E-state index contributed by atoms with van der Waals surface area (Å²) >= 11 is 0.973. The summed E-state index contributed by atoms with van der Waals surface area (Å²) < 4.78 is 47.1. The molecule has 0 spiro atoms. The number of likely N-dealkylation sites (tertiary alicyclic amines) is 1. The molecule has 1 aliphatic rings. The number of carbonyl (C=O) groups excluding carboxylic acids is 1. The van der Waals surface area contributed by atoms with Gasteiger partial charge >= 0.3 is 0 Å². The number of hydrogen-bond acceptors (Lipinski definition) is 6. The summed E-state index contributed by atoms with van der Waals surface area (Å²) in [5.74, 6) is -0.0466. The van der Waals surface area contributed by atoms with E-state index in [2.05, 4.69) is 14.1 Å². The van der Waals surface area contributed by atoms with Gasteiger partial charge in [-0.15, -0.1) is 0 Å². The molecule has 1 amide bonds. The Kier molecular flexibility index (Phi) is 6.28. The molecule has 0 saturated carbocycles. The summed E-state index contributed by atoms with van der Waals surface area (Å²) in [6.07, 6.45) is 4.63. The normalized spacial score (nSPS) is 15.9. The van der Waals surface area contributed by atoms with Crippen molar-refractivity contribution in [3.05, 3.63) is 72.4 Å². The van der Waals surface area contributed by atoms with E-state index in [0.717, 1.165) is 29.9 Å². The first-order valence-corrected chi connectivity index (χ1v) is 13.5. The maximum Gasteiger partial charge on any atom is 0.263 e. The average molecular weight is 514 g/mol. The Hall–Kier alpha value is -3.31. The van der Waals surface area contributed by atoms with Crippen LogP contribution in [0.1, 0.15) is 37.3 Å². The summed E-state index contributed by atoms with van der Waals surface area (Å²) in [6.45, 7) is 3.06. The van der Waals surface area contributed by atoms with Crippen LogP contribution in [-0.2, 0) is 14.8 Å². The van der Waals surface area contributed by atoms with Gasteiger partial charge in [0.1, 0.15) is 18.2 Å². The van der Waals surface area contributed by atoms with E-state index in [1.54, 1.807) is 30.5 Å². The number of anilines is 1. The Morgan fingerprint density at radius 3 is 2.57 bits per heavy atom. The number of nitrogens with one attached hydrogen (secondary N) is 1. The van der Waals surface area contributed by atoms with Crippen LogP contribution >= 0.6 is 11.5 Å². The largest absolute Gasteiger partial charge is 0.341 e. The Bertz CT molecular complexity index is 1440. The Balaban J connectivity index is 1.22. The fraction of sp³-hybridized carbons (Fsp3) is 0.292. The molecule has 1 fully saturated rings. The molecular formula is C24H24FN5O3S2. The molecule has 1 saturated heterocycles. The van der Waals surface area contributed by atoms with E-state index in [1.807, 2.05) is 34.6 Å². The average Bonchev–Trinajstić information content (AvgIpc) is 3.54. The number of sulfonamides is 1. The van der Waals surface area contributed by atoms with E-state index >= 15 is 0 Å². The van der Waals surface area contributed by atoms with Gasteiger partial charge in [0.15, 0.2) is 0 Å². The molecule has 4 aromatic rings. The number of rotatable bonds is 6.